The highest BCUT2D eigenvalue weighted by Gasteiger charge is 2.45. The Kier molecular flexibility index (Phi) is 3.83. The minimum absolute atomic E-state index is 0.144. The molecule has 0 spiro atoms. The number of rotatable bonds is 2. The molecular formula is C20H21P. The maximum absolute atomic E-state index is 2.37. The summed E-state index contributed by atoms with van der Waals surface area (Å²) in [4.78, 5) is 0. The van der Waals surface area contributed by atoms with Gasteiger partial charge >= 0.3 is 0 Å². The fraction of sp³-hybridized carbons (Fsp3) is 0.200. The average molecular weight is 292 g/mol. The molecule has 1 heteroatoms. The second kappa shape index (κ2) is 5.62. The molecule has 0 N–H and O–H groups in total. The quantitative estimate of drug-likeness (QED) is 0.565. The Hall–Kier alpha value is -1.65. The fourth-order valence-electron chi connectivity index (χ4n) is 2.61. The predicted octanol–water partition coefficient (Wildman–Crippen LogP) is 6.36. The van der Waals surface area contributed by atoms with E-state index in [1.807, 2.05) is 0 Å². The lowest BCUT2D eigenvalue weighted by Gasteiger charge is -2.15. The summed E-state index contributed by atoms with van der Waals surface area (Å²) < 4.78 is 0. The van der Waals surface area contributed by atoms with Crippen LogP contribution in [0, 0.1) is 0 Å². The van der Waals surface area contributed by atoms with Crippen LogP contribution in [-0.4, -0.2) is 5.16 Å². The van der Waals surface area contributed by atoms with Gasteiger partial charge in [-0.05, 0) is 47.0 Å². The third-order valence-electron chi connectivity index (χ3n) is 3.57. The van der Waals surface area contributed by atoms with Crippen molar-refractivity contribution in [2.24, 2.45) is 0 Å². The Morgan fingerprint density at radius 2 is 1.05 bits per heavy atom. The zero-order valence-electron chi connectivity index (χ0n) is 12.9. The number of benzene rings is 2. The molecule has 0 atom stereocenters. The van der Waals surface area contributed by atoms with Crippen LogP contribution in [0.25, 0.3) is 12.2 Å². The van der Waals surface area contributed by atoms with E-state index < -0.39 is 0 Å². The van der Waals surface area contributed by atoms with Gasteiger partial charge in [0.1, 0.15) is 0 Å². The normalized spacial score (nSPS) is 21.8. The molecule has 1 aliphatic rings. The summed E-state index contributed by atoms with van der Waals surface area (Å²) in [6.45, 7) is 7.05. The lowest BCUT2D eigenvalue weighted by atomic mass is 10.2. The minimum atomic E-state index is -0.144. The highest BCUT2D eigenvalue weighted by Crippen LogP contribution is 2.81. The van der Waals surface area contributed by atoms with E-state index in [0.717, 1.165) is 0 Å². The van der Waals surface area contributed by atoms with Crippen LogP contribution < -0.4 is 0 Å². The molecule has 0 amide bonds. The van der Waals surface area contributed by atoms with Crippen molar-refractivity contribution in [3.8, 4) is 0 Å². The van der Waals surface area contributed by atoms with Crippen LogP contribution in [0.4, 0.5) is 0 Å². The summed E-state index contributed by atoms with van der Waals surface area (Å²) in [5.41, 5.74) is 2.61. The van der Waals surface area contributed by atoms with Gasteiger partial charge in [0.15, 0.2) is 0 Å². The molecule has 0 radical (unpaired) electrons. The smallest absolute Gasteiger partial charge is 0.00987 e. The van der Waals surface area contributed by atoms with E-state index in [1.165, 1.54) is 11.1 Å². The van der Waals surface area contributed by atoms with Gasteiger partial charge in [0.05, 0.1) is 0 Å². The van der Waals surface area contributed by atoms with Crippen LogP contribution >= 0.6 is 7.92 Å². The lowest BCUT2D eigenvalue weighted by Crippen LogP contribution is -2.03. The predicted molar refractivity (Wildman–Crippen MR) is 95.5 cm³/mol. The van der Waals surface area contributed by atoms with Crippen LogP contribution in [0.15, 0.2) is 71.3 Å². The van der Waals surface area contributed by atoms with Gasteiger partial charge in [-0.3, -0.25) is 0 Å². The monoisotopic (exact) mass is 292 g/mol. The molecule has 0 nitrogen and oxygen atoms in total. The van der Waals surface area contributed by atoms with Crippen molar-refractivity contribution in [3.05, 3.63) is 82.4 Å². The van der Waals surface area contributed by atoms with Crippen molar-refractivity contribution >= 4 is 20.1 Å². The first-order chi connectivity index (χ1) is 10.1. The topological polar surface area (TPSA) is 0 Å². The SMILES string of the molecule is CC(C)(C)P1C(=Cc2ccccc2)C1=Cc1ccccc1. The maximum Gasteiger partial charge on any atom is -0.00987 e. The summed E-state index contributed by atoms with van der Waals surface area (Å²) in [6, 6.07) is 21.3. The summed E-state index contributed by atoms with van der Waals surface area (Å²) in [7, 11) is -0.144. The van der Waals surface area contributed by atoms with Crippen molar-refractivity contribution in [3.63, 3.8) is 0 Å². The maximum atomic E-state index is 2.37. The highest BCUT2D eigenvalue weighted by atomic mass is 31.1. The molecular weight excluding hydrogens is 271 g/mol. The summed E-state index contributed by atoms with van der Waals surface area (Å²) in [6.07, 6.45) is 4.73. The summed E-state index contributed by atoms with van der Waals surface area (Å²) in [5.74, 6) is 0. The molecule has 21 heavy (non-hydrogen) atoms. The average Bonchev–Trinajstić information content (AvgIpc) is 3.13. The molecule has 1 heterocycles. The molecule has 1 saturated heterocycles. The summed E-state index contributed by atoms with van der Waals surface area (Å²) >= 11 is 0. The first kappa shape index (κ1) is 14.3. The summed E-state index contributed by atoms with van der Waals surface area (Å²) in [5, 5.41) is 3.44. The molecule has 0 unspecified atom stereocenters. The zero-order chi connectivity index (χ0) is 14.9. The van der Waals surface area contributed by atoms with Gasteiger partial charge in [0.2, 0.25) is 0 Å². The van der Waals surface area contributed by atoms with Gasteiger partial charge in [0.25, 0.3) is 0 Å². The van der Waals surface area contributed by atoms with Gasteiger partial charge in [0, 0.05) is 0 Å². The first-order valence-electron chi connectivity index (χ1n) is 7.40. The molecule has 0 aliphatic carbocycles. The second-order valence-electron chi connectivity index (χ2n) is 6.39. The molecule has 3 rings (SSSR count). The molecule has 0 bridgehead atoms. The van der Waals surface area contributed by atoms with E-state index in [4.69, 9.17) is 0 Å². The third kappa shape index (κ3) is 3.34. The fourth-order valence-corrected chi connectivity index (χ4v) is 5.27. The van der Waals surface area contributed by atoms with E-state index in [-0.39, 0.29) is 7.92 Å². The van der Waals surface area contributed by atoms with Crippen molar-refractivity contribution in [1.82, 2.24) is 0 Å². The van der Waals surface area contributed by atoms with Crippen LogP contribution in [0.5, 0.6) is 0 Å². The number of hydrogen-bond acceptors (Lipinski definition) is 0. The molecule has 2 aromatic carbocycles. The first-order valence-corrected chi connectivity index (χ1v) is 8.74. The van der Waals surface area contributed by atoms with Gasteiger partial charge in [-0.15, -0.1) is 0 Å². The van der Waals surface area contributed by atoms with Crippen LogP contribution in [0.2, 0.25) is 0 Å². The molecule has 0 saturated carbocycles. The Morgan fingerprint density at radius 3 is 1.38 bits per heavy atom. The standard InChI is InChI=1S/C20H21P/c1-20(2,3)21-18(14-16-10-6-4-7-11-16)19(21)15-17-12-8-5-9-13-17/h4-15H,1-3H3. The largest absolute Gasteiger partial charge is 0.0622 e. The zero-order valence-corrected chi connectivity index (χ0v) is 13.8. The highest BCUT2D eigenvalue weighted by molar-refractivity contribution is 7.79. The Bertz CT molecular complexity index is 617. The Balaban J connectivity index is 1.96. The van der Waals surface area contributed by atoms with E-state index in [1.54, 1.807) is 10.6 Å². The van der Waals surface area contributed by atoms with Crippen LogP contribution in [-0.2, 0) is 0 Å². The Labute approximate surface area is 129 Å². The van der Waals surface area contributed by atoms with Crippen molar-refractivity contribution < 1.29 is 0 Å². The van der Waals surface area contributed by atoms with E-state index in [9.17, 15) is 0 Å². The van der Waals surface area contributed by atoms with Crippen LogP contribution in [0.1, 0.15) is 31.9 Å². The van der Waals surface area contributed by atoms with E-state index in [0.29, 0.717) is 5.16 Å². The third-order valence-corrected chi connectivity index (χ3v) is 6.39. The molecule has 106 valence electrons. The van der Waals surface area contributed by atoms with E-state index >= 15 is 0 Å². The van der Waals surface area contributed by atoms with Crippen molar-refractivity contribution in [1.29, 1.82) is 0 Å². The van der Waals surface area contributed by atoms with Gasteiger partial charge < -0.3 is 0 Å². The minimum Gasteiger partial charge on any atom is -0.0622 e. The molecule has 0 aromatic heterocycles. The lowest BCUT2D eigenvalue weighted by molar-refractivity contribution is 0.796. The Morgan fingerprint density at radius 1 is 0.667 bits per heavy atom. The van der Waals surface area contributed by atoms with Crippen LogP contribution in [0.3, 0.4) is 0 Å². The van der Waals surface area contributed by atoms with E-state index in [2.05, 4.69) is 93.6 Å². The second-order valence-corrected chi connectivity index (χ2v) is 9.36. The van der Waals surface area contributed by atoms with Gasteiger partial charge in [-0.2, -0.15) is 0 Å². The molecule has 2 aromatic rings. The van der Waals surface area contributed by atoms with Crippen molar-refractivity contribution in [2.75, 3.05) is 0 Å². The number of allylic oxidation sites excluding steroid dienone is 2. The van der Waals surface area contributed by atoms with Crippen molar-refractivity contribution in [2.45, 2.75) is 25.9 Å². The molecule has 1 fully saturated rings. The van der Waals surface area contributed by atoms with Gasteiger partial charge in [-0.25, -0.2) is 0 Å². The number of hydrogen-bond donors (Lipinski definition) is 0. The van der Waals surface area contributed by atoms with Gasteiger partial charge in [-0.1, -0.05) is 81.4 Å². The molecule has 1 aliphatic heterocycles.